The minimum absolute atomic E-state index is 0.763. The first-order valence-electron chi connectivity index (χ1n) is 17.3. The fourth-order valence-corrected chi connectivity index (χ4v) is 11.4. The molecule has 0 spiro atoms. The van der Waals surface area contributed by atoms with E-state index < -0.39 is 8.07 Å². The second kappa shape index (κ2) is 11.0. The molecule has 3 nitrogen and oxygen atoms in total. The molecule has 0 saturated carbocycles. The van der Waals surface area contributed by atoms with Crippen molar-refractivity contribution in [1.82, 2.24) is 14.5 Å². The lowest BCUT2D eigenvalue weighted by atomic mass is 9.99. The van der Waals surface area contributed by atoms with E-state index in [1.807, 2.05) is 0 Å². The molecule has 2 aromatic heterocycles. The van der Waals surface area contributed by atoms with Crippen molar-refractivity contribution in [3.8, 4) is 50.7 Å². The third-order valence-corrected chi connectivity index (χ3v) is 14.1. The van der Waals surface area contributed by atoms with Gasteiger partial charge in [0.05, 0.1) is 22.4 Å². The molecule has 10 rings (SSSR count). The van der Waals surface area contributed by atoms with Crippen LogP contribution in [0.2, 0.25) is 13.1 Å². The highest BCUT2D eigenvalue weighted by molar-refractivity contribution is 7.04. The maximum absolute atomic E-state index is 5.38. The summed E-state index contributed by atoms with van der Waals surface area (Å²) in [5.41, 5.74) is 11.5. The van der Waals surface area contributed by atoms with Crippen molar-refractivity contribution >= 4 is 51.0 Å². The SMILES string of the molecule is C[Si]1(C)c2ccccc2-c2nc(-c3cccc(-c4ccc5c(c4)c4ccc6ccccc6c4n5-c4ccccc4)c3)nc(-c3ccccc3)c21. The van der Waals surface area contributed by atoms with Crippen LogP contribution in [-0.2, 0) is 0 Å². The van der Waals surface area contributed by atoms with Gasteiger partial charge in [-0.25, -0.2) is 9.97 Å². The Balaban J connectivity index is 1.17. The molecule has 0 fully saturated rings. The number of hydrogen-bond acceptors (Lipinski definition) is 2. The summed E-state index contributed by atoms with van der Waals surface area (Å²) in [5, 5.41) is 7.75. The highest BCUT2D eigenvalue weighted by atomic mass is 28.3. The first-order chi connectivity index (χ1) is 24.6. The quantitative estimate of drug-likeness (QED) is 0.177. The summed E-state index contributed by atoms with van der Waals surface area (Å²) in [6, 6.07) is 59.0. The first kappa shape index (κ1) is 28.9. The molecular weight excluding hydrogens is 623 g/mol. The van der Waals surface area contributed by atoms with Crippen molar-refractivity contribution in [3.63, 3.8) is 0 Å². The Labute approximate surface area is 292 Å². The van der Waals surface area contributed by atoms with Gasteiger partial charge in [-0.3, -0.25) is 0 Å². The Morgan fingerprint density at radius 3 is 2.02 bits per heavy atom. The third-order valence-electron chi connectivity index (χ3n) is 10.6. The number of hydrogen-bond donors (Lipinski definition) is 0. The predicted octanol–water partition coefficient (Wildman–Crippen LogP) is 10.5. The van der Waals surface area contributed by atoms with E-state index >= 15 is 0 Å². The Kier molecular flexibility index (Phi) is 6.33. The van der Waals surface area contributed by atoms with Gasteiger partial charge in [0, 0.05) is 33.0 Å². The zero-order valence-corrected chi connectivity index (χ0v) is 28.9. The average molecular weight is 656 g/mol. The maximum atomic E-state index is 5.38. The van der Waals surface area contributed by atoms with E-state index in [4.69, 9.17) is 9.97 Å². The summed E-state index contributed by atoms with van der Waals surface area (Å²) in [6.45, 7) is 4.86. The molecule has 0 aliphatic carbocycles. The number of para-hydroxylation sites is 1. The summed E-state index contributed by atoms with van der Waals surface area (Å²) < 4.78 is 2.42. The summed E-state index contributed by atoms with van der Waals surface area (Å²) in [5.74, 6) is 0.763. The van der Waals surface area contributed by atoms with Gasteiger partial charge in [0.1, 0.15) is 8.07 Å². The molecular formula is C46H33N3Si. The number of fused-ring (bicyclic) bond motifs is 8. The highest BCUT2D eigenvalue weighted by Crippen LogP contribution is 2.39. The Bertz CT molecular complexity index is 2780. The second-order valence-electron chi connectivity index (χ2n) is 13.8. The average Bonchev–Trinajstić information content (AvgIpc) is 3.64. The van der Waals surface area contributed by atoms with Crippen LogP contribution < -0.4 is 10.4 Å². The normalized spacial score (nSPS) is 13.2. The van der Waals surface area contributed by atoms with E-state index in [1.165, 1.54) is 54.1 Å². The molecule has 1 aliphatic rings. The molecule has 1 aliphatic heterocycles. The summed E-state index contributed by atoms with van der Waals surface area (Å²) in [6.07, 6.45) is 0. The number of benzene rings is 7. The monoisotopic (exact) mass is 655 g/mol. The lowest BCUT2D eigenvalue weighted by molar-refractivity contribution is 1.19. The van der Waals surface area contributed by atoms with Crippen LogP contribution in [0.4, 0.5) is 0 Å². The van der Waals surface area contributed by atoms with Crippen LogP contribution in [0.25, 0.3) is 83.3 Å². The van der Waals surface area contributed by atoms with E-state index in [0.29, 0.717) is 0 Å². The molecule has 0 unspecified atom stereocenters. The predicted molar refractivity (Wildman–Crippen MR) is 212 cm³/mol. The summed E-state index contributed by atoms with van der Waals surface area (Å²) in [4.78, 5) is 10.7. The molecule has 0 N–H and O–H groups in total. The van der Waals surface area contributed by atoms with Gasteiger partial charge >= 0.3 is 0 Å². The van der Waals surface area contributed by atoms with Gasteiger partial charge in [-0.2, -0.15) is 0 Å². The Hall–Kier alpha value is -6.10. The van der Waals surface area contributed by atoms with Crippen LogP contribution in [0.1, 0.15) is 0 Å². The van der Waals surface area contributed by atoms with Gasteiger partial charge < -0.3 is 4.57 Å². The Morgan fingerprint density at radius 1 is 0.480 bits per heavy atom. The topological polar surface area (TPSA) is 30.7 Å². The molecule has 0 atom stereocenters. The molecule has 4 heteroatoms. The van der Waals surface area contributed by atoms with E-state index in [0.717, 1.165) is 39.6 Å². The van der Waals surface area contributed by atoms with Crippen molar-refractivity contribution < 1.29 is 0 Å². The van der Waals surface area contributed by atoms with Crippen molar-refractivity contribution in [2.75, 3.05) is 0 Å². The lowest BCUT2D eigenvalue weighted by Crippen LogP contribution is -2.50. The zero-order chi connectivity index (χ0) is 33.4. The summed E-state index contributed by atoms with van der Waals surface area (Å²) >= 11 is 0. The minimum Gasteiger partial charge on any atom is -0.309 e. The van der Waals surface area contributed by atoms with Gasteiger partial charge in [-0.1, -0.05) is 147 Å². The van der Waals surface area contributed by atoms with E-state index in [2.05, 4.69) is 181 Å². The molecule has 7 aromatic carbocycles. The van der Waals surface area contributed by atoms with Crippen LogP contribution in [-0.4, -0.2) is 22.6 Å². The summed E-state index contributed by atoms with van der Waals surface area (Å²) in [7, 11) is -2.01. The number of nitrogens with zero attached hydrogens (tertiary/aromatic N) is 3. The molecule has 236 valence electrons. The maximum Gasteiger partial charge on any atom is 0.160 e. The molecule has 0 saturated heterocycles. The molecule has 0 amide bonds. The largest absolute Gasteiger partial charge is 0.309 e. The second-order valence-corrected chi connectivity index (χ2v) is 18.1. The molecule has 0 radical (unpaired) electrons. The van der Waals surface area contributed by atoms with Gasteiger partial charge in [0.25, 0.3) is 0 Å². The zero-order valence-electron chi connectivity index (χ0n) is 27.9. The molecule has 3 heterocycles. The Morgan fingerprint density at radius 2 is 1.16 bits per heavy atom. The smallest absolute Gasteiger partial charge is 0.160 e. The fraction of sp³-hybridized carbons (Fsp3) is 0.0435. The lowest BCUT2D eigenvalue weighted by Gasteiger charge is -2.21. The fourth-order valence-electron chi connectivity index (χ4n) is 8.19. The van der Waals surface area contributed by atoms with Crippen molar-refractivity contribution in [3.05, 3.63) is 164 Å². The van der Waals surface area contributed by atoms with Crippen molar-refractivity contribution in [2.45, 2.75) is 13.1 Å². The third kappa shape index (κ3) is 4.28. The van der Waals surface area contributed by atoms with Crippen molar-refractivity contribution in [2.24, 2.45) is 0 Å². The van der Waals surface area contributed by atoms with Crippen LogP contribution in [0.15, 0.2) is 164 Å². The molecule has 0 bridgehead atoms. The van der Waals surface area contributed by atoms with Crippen LogP contribution in [0, 0.1) is 0 Å². The number of aromatic nitrogens is 3. The highest BCUT2D eigenvalue weighted by Gasteiger charge is 2.41. The minimum atomic E-state index is -2.01. The van der Waals surface area contributed by atoms with Crippen LogP contribution >= 0.6 is 0 Å². The van der Waals surface area contributed by atoms with Gasteiger partial charge in [-0.15, -0.1) is 0 Å². The van der Waals surface area contributed by atoms with E-state index in [9.17, 15) is 0 Å². The molecule has 50 heavy (non-hydrogen) atoms. The number of rotatable bonds is 4. The van der Waals surface area contributed by atoms with Crippen LogP contribution in [0.3, 0.4) is 0 Å². The van der Waals surface area contributed by atoms with E-state index in [1.54, 1.807) is 0 Å². The van der Waals surface area contributed by atoms with Gasteiger partial charge in [0.15, 0.2) is 5.82 Å². The first-order valence-corrected chi connectivity index (χ1v) is 20.3. The van der Waals surface area contributed by atoms with Gasteiger partial charge in [0.2, 0.25) is 0 Å². The van der Waals surface area contributed by atoms with Crippen LogP contribution in [0.5, 0.6) is 0 Å². The standard InChI is InChI=1S/C46H33N3Si/c1-50(2)41-23-12-11-22-38(41)43-45(50)42(31-15-5-3-6-16-31)47-46(48-43)34-18-13-17-32(28-34)33-25-27-40-39(29-33)37-26-24-30-14-9-10-21-36(30)44(37)49(40)35-19-7-4-8-20-35/h3-29H,1-2H3. The van der Waals surface area contributed by atoms with Crippen molar-refractivity contribution in [1.29, 1.82) is 0 Å². The van der Waals surface area contributed by atoms with E-state index in [-0.39, 0.29) is 0 Å². The van der Waals surface area contributed by atoms with Gasteiger partial charge in [-0.05, 0) is 62.8 Å². The molecule has 9 aromatic rings.